The van der Waals surface area contributed by atoms with Crippen LogP contribution < -0.4 is 4.72 Å². The predicted octanol–water partition coefficient (Wildman–Crippen LogP) is 2.15. The highest BCUT2D eigenvalue weighted by Crippen LogP contribution is 2.34. The Bertz CT molecular complexity index is 655. The zero-order valence-electron chi connectivity index (χ0n) is 9.71. The first-order valence-electron chi connectivity index (χ1n) is 5.60. The minimum atomic E-state index is -3.40. The van der Waals surface area contributed by atoms with Crippen LogP contribution in [0.2, 0.25) is 0 Å². The summed E-state index contributed by atoms with van der Waals surface area (Å²) in [6, 6.07) is 3.48. The Kier molecular flexibility index (Phi) is 2.76. The Morgan fingerprint density at radius 2 is 2.28 bits per heavy atom. The molecule has 0 unspecified atom stereocenters. The van der Waals surface area contributed by atoms with Crippen LogP contribution in [-0.2, 0) is 10.0 Å². The van der Waals surface area contributed by atoms with E-state index in [0.29, 0.717) is 10.7 Å². The Morgan fingerprint density at radius 3 is 2.89 bits per heavy atom. The Labute approximate surface area is 109 Å². The summed E-state index contributed by atoms with van der Waals surface area (Å²) in [6.45, 7) is 1.80. The van der Waals surface area contributed by atoms with Gasteiger partial charge in [0, 0.05) is 17.0 Å². The highest BCUT2D eigenvalue weighted by Gasteiger charge is 2.30. The molecule has 0 saturated heterocycles. The van der Waals surface area contributed by atoms with Crippen LogP contribution in [0.5, 0.6) is 0 Å². The van der Waals surface area contributed by atoms with Gasteiger partial charge in [0.1, 0.15) is 0 Å². The quantitative estimate of drug-likeness (QED) is 0.933. The van der Waals surface area contributed by atoms with E-state index in [-0.39, 0.29) is 6.04 Å². The van der Waals surface area contributed by atoms with Crippen LogP contribution in [-0.4, -0.2) is 19.6 Å². The molecule has 0 spiro atoms. The molecule has 1 fully saturated rings. The summed E-state index contributed by atoms with van der Waals surface area (Å²) in [5, 5.41) is 3.62. The Hall–Kier alpha value is -1.18. The summed E-state index contributed by atoms with van der Waals surface area (Å²) < 4.78 is 32.0. The SMILES string of the molecule is Cc1sc(-c2ccno2)cc1S(=O)(=O)NC1CC1. The van der Waals surface area contributed by atoms with Gasteiger partial charge in [-0.15, -0.1) is 11.3 Å². The van der Waals surface area contributed by atoms with Gasteiger partial charge in [-0.25, -0.2) is 13.1 Å². The molecule has 2 heterocycles. The molecular weight excluding hydrogens is 272 g/mol. The molecule has 0 aromatic carbocycles. The molecule has 0 atom stereocenters. The molecule has 96 valence electrons. The molecule has 3 rings (SSSR count). The molecule has 7 heteroatoms. The van der Waals surface area contributed by atoms with Crippen LogP contribution in [0.4, 0.5) is 0 Å². The second-order valence-electron chi connectivity index (χ2n) is 4.30. The maximum atomic E-state index is 12.1. The third-order valence-electron chi connectivity index (χ3n) is 2.74. The second kappa shape index (κ2) is 4.18. The first-order chi connectivity index (χ1) is 8.56. The maximum absolute atomic E-state index is 12.1. The summed E-state index contributed by atoms with van der Waals surface area (Å²) in [5.74, 6) is 0.593. The van der Waals surface area contributed by atoms with Crippen molar-refractivity contribution in [3.05, 3.63) is 23.2 Å². The van der Waals surface area contributed by atoms with Crippen LogP contribution in [0.25, 0.3) is 10.6 Å². The first-order valence-corrected chi connectivity index (χ1v) is 7.90. The zero-order valence-corrected chi connectivity index (χ0v) is 11.3. The summed E-state index contributed by atoms with van der Waals surface area (Å²) >= 11 is 1.39. The van der Waals surface area contributed by atoms with Gasteiger partial charge < -0.3 is 4.52 Å². The van der Waals surface area contributed by atoms with E-state index in [4.69, 9.17) is 4.52 Å². The first kappa shape index (κ1) is 11.9. The molecule has 2 aromatic rings. The number of hydrogen-bond donors (Lipinski definition) is 1. The van der Waals surface area contributed by atoms with Crippen LogP contribution in [0.15, 0.2) is 27.7 Å². The number of aryl methyl sites for hydroxylation is 1. The van der Waals surface area contributed by atoms with Gasteiger partial charge in [0.15, 0.2) is 5.76 Å². The highest BCUT2D eigenvalue weighted by molar-refractivity contribution is 7.89. The van der Waals surface area contributed by atoms with E-state index in [1.807, 2.05) is 0 Å². The summed E-state index contributed by atoms with van der Waals surface area (Å²) in [7, 11) is -3.40. The van der Waals surface area contributed by atoms with Crippen LogP contribution in [0, 0.1) is 6.92 Å². The Balaban J connectivity index is 1.97. The van der Waals surface area contributed by atoms with Crippen molar-refractivity contribution < 1.29 is 12.9 Å². The van der Waals surface area contributed by atoms with E-state index < -0.39 is 10.0 Å². The number of rotatable bonds is 4. The van der Waals surface area contributed by atoms with E-state index in [1.54, 1.807) is 25.3 Å². The fraction of sp³-hybridized carbons (Fsp3) is 0.364. The van der Waals surface area contributed by atoms with Gasteiger partial charge in [0.2, 0.25) is 10.0 Å². The van der Waals surface area contributed by atoms with Crippen molar-refractivity contribution in [2.45, 2.75) is 30.7 Å². The minimum absolute atomic E-state index is 0.114. The molecule has 1 aliphatic carbocycles. The van der Waals surface area contributed by atoms with E-state index in [2.05, 4.69) is 9.88 Å². The smallest absolute Gasteiger partial charge is 0.241 e. The molecule has 5 nitrogen and oxygen atoms in total. The molecule has 1 aliphatic rings. The van der Waals surface area contributed by atoms with Gasteiger partial charge in [-0.1, -0.05) is 5.16 Å². The van der Waals surface area contributed by atoms with Gasteiger partial charge in [-0.05, 0) is 25.8 Å². The van der Waals surface area contributed by atoms with E-state index in [0.717, 1.165) is 22.6 Å². The lowest BCUT2D eigenvalue weighted by Gasteiger charge is -2.03. The number of sulfonamides is 1. The predicted molar refractivity (Wildman–Crippen MR) is 67.9 cm³/mol. The molecule has 0 aliphatic heterocycles. The number of hydrogen-bond acceptors (Lipinski definition) is 5. The maximum Gasteiger partial charge on any atom is 0.241 e. The van der Waals surface area contributed by atoms with Gasteiger partial charge >= 0.3 is 0 Å². The third-order valence-corrected chi connectivity index (χ3v) is 5.58. The fourth-order valence-electron chi connectivity index (χ4n) is 1.68. The minimum Gasteiger partial charge on any atom is -0.355 e. The van der Waals surface area contributed by atoms with E-state index in [9.17, 15) is 8.42 Å². The monoisotopic (exact) mass is 284 g/mol. The van der Waals surface area contributed by atoms with Crippen molar-refractivity contribution in [3.8, 4) is 10.6 Å². The molecule has 2 aromatic heterocycles. The number of nitrogens with one attached hydrogen (secondary N) is 1. The average molecular weight is 284 g/mol. The number of aromatic nitrogens is 1. The van der Waals surface area contributed by atoms with Crippen LogP contribution >= 0.6 is 11.3 Å². The molecule has 1 saturated carbocycles. The Morgan fingerprint density at radius 1 is 1.50 bits per heavy atom. The molecular formula is C11H12N2O3S2. The van der Waals surface area contributed by atoms with Crippen molar-refractivity contribution in [2.24, 2.45) is 0 Å². The van der Waals surface area contributed by atoms with Crippen LogP contribution in [0.3, 0.4) is 0 Å². The molecule has 1 N–H and O–H groups in total. The third kappa shape index (κ3) is 2.21. The van der Waals surface area contributed by atoms with Crippen molar-refractivity contribution in [2.75, 3.05) is 0 Å². The van der Waals surface area contributed by atoms with E-state index in [1.165, 1.54) is 11.3 Å². The largest absolute Gasteiger partial charge is 0.355 e. The van der Waals surface area contributed by atoms with Crippen molar-refractivity contribution in [1.82, 2.24) is 9.88 Å². The average Bonchev–Trinajstić information content (AvgIpc) is 2.83. The summed E-state index contributed by atoms with van der Waals surface area (Å²) in [6.07, 6.45) is 3.40. The topological polar surface area (TPSA) is 72.2 Å². The van der Waals surface area contributed by atoms with Gasteiger partial charge in [-0.2, -0.15) is 0 Å². The zero-order chi connectivity index (χ0) is 12.8. The second-order valence-corrected chi connectivity index (χ2v) is 7.24. The summed E-state index contributed by atoms with van der Waals surface area (Å²) in [4.78, 5) is 1.88. The van der Waals surface area contributed by atoms with Crippen molar-refractivity contribution in [1.29, 1.82) is 0 Å². The van der Waals surface area contributed by atoms with Gasteiger partial charge in [-0.3, -0.25) is 0 Å². The lowest BCUT2D eigenvalue weighted by Crippen LogP contribution is -2.25. The van der Waals surface area contributed by atoms with Gasteiger partial charge in [0.05, 0.1) is 16.0 Å². The molecule has 18 heavy (non-hydrogen) atoms. The van der Waals surface area contributed by atoms with E-state index >= 15 is 0 Å². The lowest BCUT2D eigenvalue weighted by atomic mass is 10.3. The standard InChI is InChI=1S/C11H12N2O3S2/c1-7-11(18(14,15)13-8-2-3-8)6-10(17-7)9-4-5-12-16-9/h4-6,8,13H,2-3H2,1H3. The highest BCUT2D eigenvalue weighted by atomic mass is 32.2. The molecule has 0 radical (unpaired) electrons. The van der Waals surface area contributed by atoms with Crippen molar-refractivity contribution in [3.63, 3.8) is 0 Å². The van der Waals surface area contributed by atoms with Crippen molar-refractivity contribution >= 4 is 21.4 Å². The summed E-state index contributed by atoms with van der Waals surface area (Å²) in [5.41, 5.74) is 0. The molecule has 0 bridgehead atoms. The fourth-order valence-corrected chi connectivity index (χ4v) is 4.53. The lowest BCUT2D eigenvalue weighted by molar-refractivity contribution is 0.433. The van der Waals surface area contributed by atoms with Crippen LogP contribution in [0.1, 0.15) is 17.7 Å². The number of nitrogens with zero attached hydrogens (tertiary/aromatic N) is 1. The molecule has 0 amide bonds. The number of thiophene rings is 1. The normalized spacial score (nSPS) is 16.1. The van der Waals surface area contributed by atoms with Gasteiger partial charge in [0.25, 0.3) is 0 Å².